The summed E-state index contributed by atoms with van der Waals surface area (Å²) >= 11 is 0. The first kappa shape index (κ1) is 18.2. The van der Waals surface area contributed by atoms with Gasteiger partial charge in [-0.2, -0.15) is 0 Å². The van der Waals surface area contributed by atoms with Gasteiger partial charge in [-0.3, -0.25) is 9.59 Å². The number of nitrogens with one attached hydrogen (secondary N) is 1. The first-order valence-corrected chi connectivity index (χ1v) is 7.59. The molecule has 0 aliphatic heterocycles. The Morgan fingerprint density at radius 1 is 1.18 bits per heavy atom. The molecule has 1 aromatic rings. The highest BCUT2D eigenvalue weighted by Gasteiger charge is 2.24. The predicted molar refractivity (Wildman–Crippen MR) is 84.4 cm³/mol. The van der Waals surface area contributed by atoms with Crippen LogP contribution in [0.15, 0.2) is 30.3 Å². The van der Waals surface area contributed by atoms with Crippen molar-refractivity contribution in [3.8, 4) is 0 Å². The minimum Gasteiger partial charge on any atom is -0.481 e. The third-order valence-corrected chi connectivity index (χ3v) is 3.44. The number of carboxylic acids is 1. The standard InChI is InChI=1S/C17H25NO4/c1-12(2)8-14(10-16(20)21)17(22)18-15(11-19)9-13-6-4-3-5-7-13/h3-7,12,14-15,19H,8-11H2,1-2H3,(H,18,22)(H,20,21). The number of amides is 1. The second-order valence-electron chi connectivity index (χ2n) is 6.00. The third kappa shape index (κ3) is 6.72. The van der Waals surface area contributed by atoms with Gasteiger partial charge in [-0.05, 0) is 24.3 Å². The van der Waals surface area contributed by atoms with Gasteiger partial charge in [-0.15, -0.1) is 0 Å². The maximum atomic E-state index is 12.3. The van der Waals surface area contributed by atoms with Crippen LogP contribution in [0.1, 0.15) is 32.3 Å². The number of carboxylic acid groups (broad SMARTS) is 1. The lowest BCUT2D eigenvalue weighted by atomic mass is 9.93. The molecule has 22 heavy (non-hydrogen) atoms. The van der Waals surface area contributed by atoms with Gasteiger partial charge in [0.25, 0.3) is 0 Å². The molecule has 0 spiro atoms. The summed E-state index contributed by atoms with van der Waals surface area (Å²) in [4.78, 5) is 23.2. The topological polar surface area (TPSA) is 86.6 Å². The van der Waals surface area contributed by atoms with E-state index in [0.717, 1.165) is 5.56 Å². The molecule has 0 radical (unpaired) electrons. The molecule has 2 unspecified atom stereocenters. The van der Waals surface area contributed by atoms with Crippen molar-refractivity contribution in [2.24, 2.45) is 11.8 Å². The fourth-order valence-electron chi connectivity index (χ4n) is 2.44. The zero-order valence-electron chi connectivity index (χ0n) is 13.2. The molecule has 5 nitrogen and oxygen atoms in total. The second kappa shape index (κ2) is 9.20. The summed E-state index contributed by atoms with van der Waals surface area (Å²) in [5.41, 5.74) is 1.01. The SMILES string of the molecule is CC(C)CC(CC(=O)O)C(=O)NC(CO)Cc1ccccc1. The third-order valence-electron chi connectivity index (χ3n) is 3.44. The van der Waals surface area contributed by atoms with Crippen molar-refractivity contribution in [2.45, 2.75) is 39.2 Å². The molecule has 5 heteroatoms. The molecule has 0 fully saturated rings. The van der Waals surface area contributed by atoms with Crippen LogP contribution in [-0.4, -0.2) is 34.7 Å². The molecule has 1 amide bonds. The Bertz CT molecular complexity index is 473. The van der Waals surface area contributed by atoms with Gasteiger partial charge in [0.15, 0.2) is 0 Å². The van der Waals surface area contributed by atoms with Crippen LogP contribution in [0.3, 0.4) is 0 Å². The van der Waals surface area contributed by atoms with Gasteiger partial charge in [0.05, 0.1) is 19.1 Å². The van der Waals surface area contributed by atoms with Crippen molar-refractivity contribution >= 4 is 11.9 Å². The summed E-state index contributed by atoms with van der Waals surface area (Å²) in [7, 11) is 0. The lowest BCUT2D eigenvalue weighted by Crippen LogP contribution is -2.43. The Morgan fingerprint density at radius 3 is 2.32 bits per heavy atom. The first-order chi connectivity index (χ1) is 10.4. The number of hydrogen-bond donors (Lipinski definition) is 3. The maximum Gasteiger partial charge on any atom is 0.304 e. The number of benzene rings is 1. The van der Waals surface area contributed by atoms with E-state index >= 15 is 0 Å². The fourth-order valence-corrected chi connectivity index (χ4v) is 2.44. The molecule has 1 aromatic carbocycles. The monoisotopic (exact) mass is 307 g/mol. The van der Waals surface area contributed by atoms with Crippen molar-refractivity contribution in [1.82, 2.24) is 5.32 Å². The zero-order chi connectivity index (χ0) is 16.5. The van der Waals surface area contributed by atoms with E-state index in [4.69, 9.17) is 5.11 Å². The number of aliphatic hydroxyl groups is 1. The minimum absolute atomic E-state index is 0.178. The van der Waals surface area contributed by atoms with Crippen molar-refractivity contribution in [2.75, 3.05) is 6.61 Å². The van der Waals surface area contributed by atoms with E-state index < -0.39 is 17.9 Å². The van der Waals surface area contributed by atoms with Crippen LogP contribution in [0.2, 0.25) is 0 Å². The number of rotatable bonds is 9. The molecule has 122 valence electrons. The summed E-state index contributed by atoms with van der Waals surface area (Å²) in [6.07, 6.45) is 0.847. The van der Waals surface area contributed by atoms with Gasteiger partial charge in [-0.25, -0.2) is 0 Å². The van der Waals surface area contributed by atoms with Crippen LogP contribution in [-0.2, 0) is 16.0 Å². The van der Waals surface area contributed by atoms with Crippen molar-refractivity contribution < 1.29 is 19.8 Å². The Morgan fingerprint density at radius 2 is 1.82 bits per heavy atom. The predicted octanol–water partition coefficient (Wildman–Crippen LogP) is 1.84. The molecular formula is C17H25NO4. The summed E-state index contributed by atoms with van der Waals surface area (Å²) in [6.45, 7) is 3.73. The average Bonchev–Trinajstić information content (AvgIpc) is 2.45. The number of aliphatic carboxylic acids is 1. The van der Waals surface area contributed by atoms with Crippen LogP contribution in [0.4, 0.5) is 0 Å². The van der Waals surface area contributed by atoms with Crippen molar-refractivity contribution in [3.05, 3.63) is 35.9 Å². The van der Waals surface area contributed by atoms with Crippen LogP contribution in [0, 0.1) is 11.8 Å². The van der Waals surface area contributed by atoms with E-state index in [1.807, 2.05) is 44.2 Å². The molecule has 3 N–H and O–H groups in total. The van der Waals surface area contributed by atoms with Gasteiger partial charge in [0.2, 0.25) is 5.91 Å². The van der Waals surface area contributed by atoms with E-state index in [0.29, 0.717) is 12.8 Å². The highest BCUT2D eigenvalue weighted by molar-refractivity contribution is 5.83. The van der Waals surface area contributed by atoms with Gasteiger partial charge < -0.3 is 15.5 Å². The lowest BCUT2D eigenvalue weighted by Gasteiger charge is -2.22. The van der Waals surface area contributed by atoms with Crippen LogP contribution in [0.5, 0.6) is 0 Å². The van der Waals surface area contributed by atoms with Crippen molar-refractivity contribution in [1.29, 1.82) is 0 Å². The molecule has 0 aliphatic rings. The Labute approximate surface area is 131 Å². The van der Waals surface area contributed by atoms with Gasteiger partial charge in [-0.1, -0.05) is 44.2 Å². The van der Waals surface area contributed by atoms with E-state index in [2.05, 4.69) is 5.32 Å². The first-order valence-electron chi connectivity index (χ1n) is 7.59. The van der Waals surface area contributed by atoms with Gasteiger partial charge >= 0.3 is 5.97 Å². The summed E-state index contributed by atoms with van der Waals surface area (Å²) in [5, 5.41) is 21.2. The molecule has 0 saturated carbocycles. The Balaban J connectivity index is 2.66. The largest absolute Gasteiger partial charge is 0.481 e. The second-order valence-corrected chi connectivity index (χ2v) is 6.00. The number of hydrogen-bond acceptors (Lipinski definition) is 3. The van der Waals surface area contributed by atoms with Crippen molar-refractivity contribution in [3.63, 3.8) is 0 Å². The number of carbonyl (C=O) groups excluding carboxylic acids is 1. The summed E-state index contributed by atoms with van der Waals surface area (Å²) < 4.78 is 0. The highest BCUT2D eigenvalue weighted by atomic mass is 16.4. The molecule has 2 atom stereocenters. The smallest absolute Gasteiger partial charge is 0.304 e. The van der Waals surface area contributed by atoms with E-state index in [-0.39, 0.29) is 24.9 Å². The molecule has 0 saturated heterocycles. The number of aliphatic hydroxyl groups excluding tert-OH is 1. The highest BCUT2D eigenvalue weighted by Crippen LogP contribution is 2.16. The average molecular weight is 307 g/mol. The Kier molecular flexibility index (Phi) is 7.60. The molecule has 1 rings (SSSR count). The minimum atomic E-state index is -0.982. The molecule has 0 heterocycles. The summed E-state index contributed by atoms with van der Waals surface area (Å²) in [5.74, 6) is -1.62. The van der Waals surface area contributed by atoms with Gasteiger partial charge in [0, 0.05) is 5.92 Å². The normalized spacial score (nSPS) is 13.6. The molecule has 0 bridgehead atoms. The van der Waals surface area contributed by atoms with Gasteiger partial charge in [0.1, 0.15) is 0 Å². The Hall–Kier alpha value is -1.88. The van der Waals surface area contributed by atoms with Crippen LogP contribution in [0.25, 0.3) is 0 Å². The zero-order valence-corrected chi connectivity index (χ0v) is 13.2. The van der Waals surface area contributed by atoms with E-state index in [1.165, 1.54) is 0 Å². The van der Waals surface area contributed by atoms with Crippen LogP contribution < -0.4 is 5.32 Å². The lowest BCUT2D eigenvalue weighted by molar-refractivity contribution is -0.141. The molecular weight excluding hydrogens is 282 g/mol. The molecule has 0 aromatic heterocycles. The quantitative estimate of drug-likeness (QED) is 0.650. The molecule has 0 aliphatic carbocycles. The van der Waals surface area contributed by atoms with E-state index in [9.17, 15) is 14.7 Å². The van der Waals surface area contributed by atoms with Crippen LogP contribution >= 0.6 is 0 Å². The van der Waals surface area contributed by atoms with E-state index in [1.54, 1.807) is 0 Å². The fraction of sp³-hybridized carbons (Fsp3) is 0.529. The maximum absolute atomic E-state index is 12.3. The summed E-state index contributed by atoms with van der Waals surface area (Å²) in [6, 6.07) is 9.16. The number of carbonyl (C=O) groups is 2.